The van der Waals surface area contributed by atoms with E-state index in [9.17, 15) is 0 Å². The summed E-state index contributed by atoms with van der Waals surface area (Å²) in [5.41, 5.74) is 1.69. The Bertz CT molecular complexity index is 811. The van der Waals surface area contributed by atoms with E-state index in [2.05, 4.69) is 37.2 Å². The summed E-state index contributed by atoms with van der Waals surface area (Å²) in [6.07, 6.45) is 1.63. The molecule has 0 N–H and O–H groups in total. The number of hydrogen-bond donors (Lipinski definition) is 0. The topological polar surface area (TPSA) is 75.6 Å². The Morgan fingerprint density at radius 2 is 2.22 bits per heavy atom. The molecular weight excluding hydrogens is 294 g/mol. The minimum Gasteiger partial charge on any atom is -0.360 e. The van der Waals surface area contributed by atoms with Crippen LogP contribution >= 0.6 is 0 Å². The second-order valence-electron chi connectivity index (χ2n) is 6.04. The van der Waals surface area contributed by atoms with Crippen LogP contribution in [-0.2, 0) is 6.54 Å². The molecule has 0 spiro atoms. The van der Waals surface area contributed by atoms with Gasteiger partial charge in [0.1, 0.15) is 12.1 Å². The number of hydrogen-bond acceptors (Lipinski definition) is 7. The van der Waals surface area contributed by atoms with E-state index >= 15 is 0 Å². The standard InChI is InChI=1S/C15H19N7O/c1-11-7-13(23-19-11)9-20-5-6-21(12(2)8-20)15-4-3-14-17-16-10-22(14)18-15/h3-4,7,10,12H,5-6,8-9H2,1-2H3/t12-/m1/s1. The lowest BCUT2D eigenvalue weighted by Gasteiger charge is -2.40. The number of anilines is 1. The van der Waals surface area contributed by atoms with Gasteiger partial charge in [0.05, 0.1) is 12.2 Å². The molecule has 1 aliphatic rings. The maximum atomic E-state index is 5.32. The van der Waals surface area contributed by atoms with Crippen molar-refractivity contribution in [1.82, 2.24) is 29.9 Å². The largest absolute Gasteiger partial charge is 0.360 e. The lowest BCUT2D eigenvalue weighted by molar-refractivity contribution is 0.196. The van der Waals surface area contributed by atoms with E-state index in [-0.39, 0.29) is 0 Å². The molecule has 3 aromatic rings. The number of aryl methyl sites for hydroxylation is 1. The third-order valence-corrected chi connectivity index (χ3v) is 4.21. The number of aromatic nitrogens is 5. The second kappa shape index (κ2) is 5.62. The lowest BCUT2D eigenvalue weighted by atomic mass is 10.2. The van der Waals surface area contributed by atoms with Crippen molar-refractivity contribution in [2.24, 2.45) is 0 Å². The molecule has 4 heterocycles. The van der Waals surface area contributed by atoms with Crippen molar-refractivity contribution in [2.75, 3.05) is 24.5 Å². The summed E-state index contributed by atoms with van der Waals surface area (Å²) in [6, 6.07) is 6.33. The highest BCUT2D eigenvalue weighted by Gasteiger charge is 2.25. The molecule has 8 heteroatoms. The van der Waals surface area contributed by atoms with Gasteiger partial charge >= 0.3 is 0 Å². The molecule has 4 rings (SSSR count). The van der Waals surface area contributed by atoms with E-state index < -0.39 is 0 Å². The Kier molecular flexibility index (Phi) is 3.45. The predicted octanol–water partition coefficient (Wildman–Crippen LogP) is 1.13. The van der Waals surface area contributed by atoms with Crippen molar-refractivity contribution in [3.05, 3.63) is 36.0 Å². The van der Waals surface area contributed by atoms with Crippen LogP contribution in [0.25, 0.3) is 5.65 Å². The van der Waals surface area contributed by atoms with Gasteiger partial charge in [-0.25, -0.2) is 0 Å². The van der Waals surface area contributed by atoms with E-state index in [4.69, 9.17) is 4.52 Å². The third kappa shape index (κ3) is 2.77. The molecule has 0 radical (unpaired) electrons. The molecule has 0 saturated carbocycles. The molecule has 1 atom stereocenters. The zero-order chi connectivity index (χ0) is 15.8. The van der Waals surface area contributed by atoms with Gasteiger partial charge in [-0.2, -0.15) is 4.52 Å². The number of rotatable bonds is 3. The van der Waals surface area contributed by atoms with Gasteiger partial charge in [-0.1, -0.05) is 5.16 Å². The molecule has 1 saturated heterocycles. The van der Waals surface area contributed by atoms with Gasteiger partial charge in [0, 0.05) is 31.7 Å². The molecule has 8 nitrogen and oxygen atoms in total. The van der Waals surface area contributed by atoms with Crippen LogP contribution in [0.15, 0.2) is 29.0 Å². The minimum absolute atomic E-state index is 0.370. The van der Waals surface area contributed by atoms with Gasteiger partial charge < -0.3 is 9.42 Å². The molecule has 0 aromatic carbocycles. The van der Waals surface area contributed by atoms with Crippen LogP contribution in [0.3, 0.4) is 0 Å². The van der Waals surface area contributed by atoms with E-state index in [1.54, 1.807) is 10.8 Å². The van der Waals surface area contributed by atoms with Gasteiger partial charge in [0.2, 0.25) is 0 Å². The molecule has 0 amide bonds. The number of fused-ring (bicyclic) bond motifs is 1. The highest BCUT2D eigenvalue weighted by molar-refractivity contribution is 5.46. The first-order valence-corrected chi connectivity index (χ1v) is 7.77. The highest BCUT2D eigenvalue weighted by atomic mass is 16.5. The molecule has 0 aliphatic carbocycles. The van der Waals surface area contributed by atoms with Gasteiger partial charge in [-0.15, -0.1) is 15.3 Å². The maximum Gasteiger partial charge on any atom is 0.177 e. The average Bonchev–Trinajstić information content (AvgIpc) is 3.15. The Labute approximate surface area is 133 Å². The molecule has 1 fully saturated rings. The van der Waals surface area contributed by atoms with Crippen LogP contribution in [0, 0.1) is 6.92 Å². The van der Waals surface area contributed by atoms with E-state index in [1.165, 1.54) is 0 Å². The molecule has 23 heavy (non-hydrogen) atoms. The molecule has 3 aromatic heterocycles. The highest BCUT2D eigenvalue weighted by Crippen LogP contribution is 2.19. The van der Waals surface area contributed by atoms with Crippen LogP contribution in [0.2, 0.25) is 0 Å². The first kappa shape index (κ1) is 14.1. The fourth-order valence-corrected chi connectivity index (χ4v) is 3.10. The molecule has 0 unspecified atom stereocenters. The lowest BCUT2D eigenvalue weighted by Crippen LogP contribution is -2.52. The quantitative estimate of drug-likeness (QED) is 0.717. The molecule has 1 aliphatic heterocycles. The monoisotopic (exact) mass is 313 g/mol. The fourth-order valence-electron chi connectivity index (χ4n) is 3.10. The van der Waals surface area contributed by atoms with Crippen molar-refractivity contribution >= 4 is 11.5 Å². The summed E-state index contributed by atoms with van der Waals surface area (Å²) in [4.78, 5) is 4.71. The normalized spacial score (nSPS) is 19.6. The Morgan fingerprint density at radius 3 is 3.00 bits per heavy atom. The summed E-state index contributed by atoms with van der Waals surface area (Å²) in [7, 11) is 0. The van der Waals surface area contributed by atoms with Gasteiger partial charge in [-0.05, 0) is 26.0 Å². The van der Waals surface area contributed by atoms with Crippen LogP contribution in [0.4, 0.5) is 5.82 Å². The summed E-state index contributed by atoms with van der Waals surface area (Å²) in [5.74, 6) is 1.88. The maximum absolute atomic E-state index is 5.32. The zero-order valence-electron chi connectivity index (χ0n) is 13.3. The summed E-state index contributed by atoms with van der Waals surface area (Å²) < 4.78 is 7.03. The van der Waals surface area contributed by atoms with Gasteiger partial charge in [0.15, 0.2) is 11.4 Å². The van der Waals surface area contributed by atoms with Crippen molar-refractivity contribution in [3.8, 4) is 0 Å². The first-order chi connectivity index (χ1) is 11.2. The van der Waals surface area contributed by atoms with E-state index in [0.717, 1.165) is 49.1 Å². The predicted molar refractivity (Wildman–Crippen MR) is 84.1 cm³/mol. The Balaban J connectivity index is 1.46. The Morgan fingerprint density at radius 1 is 1.30 bits per heavy atom. The number of piperazine rings is 1. The van der Waals surface area contributed by atoms with Crippen LogP contribution in [-0.4, -0.2) is 55.5 Å². The average molecular weight is 313 g/mol. The van der Waals surface area contributed by atoms with E-state index in [1.807, 2.05) is 25.1 Å². The van der Waals surface area contributed by atoms with Gasteiger partial charge in [0.25, 0.3) is 0 Å². The first-order valence-electron chi connectivity index (χ1n) is 7.77. The molecule has 120 valence electrons. The SMILES string of the molecule is Cc1cc(CN2CCN(c3ccc4nncn4n3)[C@H](C)C2)on1. The van der Waals surface area contributed by atoms with Crippen LogP contribution in [0.1, 0.15) is 18.4 Å². The second-order valence-corrected chi connectivity index (χ2v) is 6.04. The molecular formula is C15H19N7O. The minimum atomic E-state index is 0.370. The van der Waals surface area contributed by atoms with Crippen molar-refractivity contribution in [2.45, 2.75) is 26.4 Å². The van der Waals surface area contributed by atoms with Gasteiger partial charge in [-0.3, -0.25) is 4.90 Å². The molecule has 0 bridgehead atoms. The zero-order valence-corrected chi connectivity index (χ0v) is 13.3. The number of nitrogens with zero attached hydrogens (tertiary/aromatic N) is 7. The fraction of sp³-hybridized carbons (Fsp3) is 0.467. The summed E-state index contributed by atoms with van der Waals surface area (Å²) >= 11 is 0. The summed E-state index contributed by atoms with van der Waals surface area (Å²) in [6.45, 7) is 7.82. The van der Waals surface area contributed by atoms with Crippen molar-refractivity contribution in [1.29, 1.82) is 0 Å². The van der Waals surface area contributed by atoms with Crippen LogP contribution < -0.4 is 4.90 Å². The van der Waals surface area contributed by atoms with Crippen molar-refractivity contribution in [3.63, 3.8) is 0 Å². The summed E-state index contributed by atoms with van der Waals surface area (Å²) in [5, 5.41) is 16.4. The Hall–Kier alpha value is -2.48. The smallest absolute Gasteiger partial charge is 0.177 e. The van der Waals surface area contributed by atoms with E-state index in [0.29, 0.717) is 6.04 Å². The van der Waals surface area contributed by atoms with Crippen LogP contribution in [0.5, 0.6) is 0 Å². The third-order valence-electron chi connectivity index (χ3n) is 4.21. The van der Waals surface area contributed by atoms with Crippen molar-refractivity contribution < 1.29 is 4.52 Å².